The van der Waals surface area contributed by atoms with E-state index in [2.05, 4.69) is 0 Å². The second-order valence-electron chi connectivity index (χ2n) is 6.61. The molecule has 0 saturated carbocycles. The van der Waals surface area contributed by atoms with Crippen LogP contribution in [0.2, 0.25) is 0 Å². The zero-order valence-electron chi connectivity index (χ0n) is 14.2. The van der Waals surface area contributed by atoms with Gasteiger partial charge in [-0.15, -0.1) is 0 Å². The van der Waals surface area contributed by atoms with Gasteiger partial charge in [-0.2, -0.15) is 0 Å². The van der Waals surface area contributed by atoms with Crippen molar-refractivity contribution in [3.05, 3.63) is 59.4 Å². The van der Waals surface area contributed by atoms with Crippen molar-refractivity contribution in [1.82, 2.24) is 4.31 Å². The third-order valence-electron chi connectivity index (χ3n) is 5.00. The molecule has 0 bridgehead atoms. The van der Waals surface area contributed by atoms with Crippen LogP contribution in [-0.4, -0.2) is 38.4 Å². The summed E-state index contributed by atoms with van der Waals surface area (Å²) in [6, 6.07) is 12.1. The third kappa shape index (κ3) is 3.41. The number of aryl methyl sites for hydroxylation is 1. The second kappa shape index (κ2) is 6.89. The Balaban J connectivity index is 1.42. The van der Waals surface area contributed by atoms with E-state index in [1.165, 1.54) is 10.4 Å². The van der Waals surface area contributed by atoms with Crippen molar-refractivity contribution in [3.8, 4) is 11.5 Å². The van der Waals surface area contributed by atoms with Crippen LogP contribution in [0.25, 0.3) is 0 Å². The number of hydrogen-bond donors (Lipinski definition) is 0. The molecule has 0 amide bonds. The van der Waals surface area contributed by atoms with E-state index in [-0.39, 0.29) is 30.7 Å². The lowest BCUT2D eigenvalue weighted by Gasteiger charge is -2.17. The molecule has 1 saturated heterocycles. The zero-order chi connectivity index (χ0) is 18.1. The number of nitrogens with zero attached hydrogens (tertiary/aromatic N) is 1. The maximum absolute atomic E-state index is 13.7. The Kier molecular flexibility index (Phi) is 4.58. The Morgan fingerprint density at radius 2 is 1.92 bits per heavy atom. The lowest BCUT2D eigenvalue weighted by Crippen LogP contribution is -2.31. The van der Waals surface area contributed by atoms with Gasteiger partial charge in [0.2, 0.25) is 16.8 Å². The molecule has 2 aromatic carbocycles. The number of benzene rings is 2. The van der Waals surface area contributed by atoms with Crippen LogP contribution < -0.4 is 9.47 Å². The molecule has 1 atom stereocenters. The SMILES string of the molecule is O=S(=O)(CCc1ccccc1F)N1CCC(c2ccc3c(c2)OCO3)C1. The van der Waals surface area contributed by atoms with E-state index in [1.54, 1.807) is 18.2 Å². The summed E-state index contributed by atoms with van der Waals surface area (Å²) in [6.07, 6.45) is 0.943. The summed E-state index contributed by atoms with van der Waals surface area (Å²) in [7, 11) is -3.42. The number of sulfonamides is 1. The molecule has 0 aliphatic carbocycles. The van der Waals surface area contributed by atoms with Gasteiger partial charge in [0.1, 0.15) is 5.82 Å². The highest BCUT2D eigenvalue weighted by Gasteiger charge is 2.32. The molecule has 0 radical (unpaired) electrons. The maximum Gasteiger partial charge on any atom is 0.231 e. The Labute approximate surface area is 152 Å². The summed E-state index contributed by atoms with van der Waals surface area (Å²) in [6.45, 7) is 1.15. The first kappa shape index (κ1) is 17.3. The highest BCUT2D eigenvalue weighted by molar-refractivity contribution is 7.89. The number of ether oxygens (including phenoxy) is 2. The summed E-state index contributed by atoms with van der Waals surface area (Å²) in [4.78, 5) is 0. The van der Waals surface area contributed by atoms with Crippen molar-refractivity contribution in [2.24, 2.45) is 0 Å². The predicted molar refractivity (Wildman–Crippen MR) is 95.4 cm³/mol. The van der Waals surface area contributed by atoms with Crippen molar-refractivity contribution in [3.63, 3.8) is 0 Å². The fraction of sp³-hybridized carbons (Fsp3) is 0.368. The lowest BCUT2D eigenvalue weighted by atomic mass is 9.98. The molecule has 1 fully saturated rings. The van der Waals surface area contributed by atoms with Crippen LogP contribution in [0.4, 0.5) is 4.39 Å². The molecule has 2 heterocycles. The van der Waals surface area contributed by atoms with Crippen LogP contribution in [0, 0.1) is 5.82 Å². The normalized spacial score (nSPS) is 19.8. The van der Waals surface area contributed by atoms with Crippen molar-refractivity contribution >= 4 is 10.0 Å². The van der Waals surface area contributed by atoms with Crippen molar-refractivity contribution in [2.75, 3.05) is 25.6 Å². The predicted octanol–water partition coefficient (Wildman–Crippen LogP) is 2.92. The molecule has 26 heavy (non-hydrogen) atoms. The quantitative estimate of drug-likeness (QED) is 0.804. The molecular weight excluding hydrogens is 357 g/mol. The largest absolute Gasteiger partial charge is 0.454 e. The van der Waals surface area contributed by atoms with Crippen molar-refractivity contribution < 1.29 is 22.3 Å². The van der Waals surface area contributed by atoms with Gasteiger partial charge in [-0.1, -0.05) is 24.3 Å². The number of halogens is 1. The van der Waals surface area contributed by atoms with E-state index in [0.29, 0.717) is 24.4 Å². The molecule has 1 unspecified atom stereocenters. The summed E-state index contributed by atoms with van der Waals surface area (Å²) < 4.78 is 51.2. The van der Waals surface area contributed by atoms with Crippen LogP contribution in [0.3, 0.4) is 0 Å². The minimum atomic E-state index is -3.42. The second-order valence-corrected chi connectivity index (χ2v) is 8.70. The number of fused-ring (bicyclic) bond motifs is 1. The van der Waals surface area contributed by atoms with E-state index in [4.69, 9.17) is 9.47 Å². The lowest BCUT2D eigenvalue weighted by molar-refractivity contribution is 0.174. The Bertz CT molecular complexity index is 916. The number of hydrogen-bond acceptors (Lipinski definition) is 4. The van der Waals surface area contributed by atoms with Gasteiger partial charge in [0, 0.05) is 13.1 Å². The molecule has 5 nitrogen and oxygen atoms in total. The van der Waals surface area contributed by atoms with Crippen molar-refractivity contribution in [2.45, 2.75) is 18.8 Å². The van der Waals surface area contributed by atoms with Crippen LogP contribution in [0.15, 0.2) is 42.5 Å². The smallest absolute Gasteiger partial charge is 0.231 e. The Morgan fingerprint density at radius 1 is 1.12 bits per heavy atom. The highest BCUT2D eigenvalue weighted by atomic mass is 32.2. The summed E-state index contributed by atoms with van der Waals surface area (Å²) in [5.74, 6) is 1.13. The molecule has 0 N–H and O–H groups in total. The molecule has 2 aliphatic heterocycles. The van der Waals surface area contributed by atoms with E-state index >= 15 is 0 Å². The van der Waals surface area contributed by atoms with Gasteiger partial charge in [0.25, 0.3) is 0 Å². The fourth-order valence-corrected chi connectivity index (χ4v) is 5.02. The molecule has 2 aromatic rings. The van der Waals surface area contributed by atoms with Crippen LogP contribution in [-0.2, 0) is 16.4 Å². The average molecular weight is 377 g/mol. The highest BCUT2D eigenvalue weighted by Crippen LogP contribution is 2.37. The van der Waals surface area contributed by atoms with Crippen LogP contribution in [0.1, 0.15) is 23.5 Å². The van der Waals surface area contributed by atoms with E-state index in [0.717, 1.165) is 17.7 Å². The van der Waals surface area contributed by atoms with Gasteiger partial charge in [0.05, 0.1) is 5.75 Å². The Hall–Kier alpha value is -2.12. The average Bonchev–Trinajstić information content (AvgIpc) is 3.30. The summed E-state index contributed by atoms with van der Waals surface area (Å²) >= 11 is 0. The summed E-state index contributed by atoms with van der Waals surface area (Å²) in [5.41, 5.74) is 1.49. The van der Waals surface area contributed by atoms with Gasteiger partial charge in [-0.3, -0.25) is 0 Å². The monoisotopic (exact) mass is 377 g/mol. The first-order valence-electron chi connectivity index (χ1n) is 8.64. The van der Waals surface area contributed by atoms with Crippen molar-refractivity contribution in [1.29, 1.82) is 0 Å². The van der Waals surface area contributed by atoms with E-state index in [9.17, 15) is 12.8 Å². The maximum atomic E-state index is 13.7. The minimum absolute atomic E-state index is 0.0816. The molecule has 2 aliphatic rings. The molecule has 7 heteroatoms. The zero-order valence-corrected chi connectivity index (χ0v) is 15.0. The first-order chi connectivity index (χ1) is 12.5. The first-order valence-corrected chi connectivity index (χ1v) is 10.2. The fourth-order valence-electron chi connectivity index (χ4n) is 3.49. The standard InChI is InChI=1S/C19H20FNO4S/c20-17-4-2-1-3-14(17)8-10-26(22,23)21-9-7-16(12-21)15-5-6-18-19(11-15)25-13-24-18/h1-6,11,16H,7-10,12-13H2. The third-order valence-corrected chi connectivity index (χ3v) is 6.84. The van der Waals surface area contributed by atoms with E-state index in [1.807, 2.05) is 18.2 Å². The topological polar surface area (TPSA) is 55.8 Å². The number of rotatable bonds is 5. The van der Waals surface area contributed by atoms with E-state index < -0.39 is 10.0 Å². The van der Waals surface area contributed by atoms with Gasteiger partial charge in [0.15, 0.2) is 11.5 Å². The van der Waals surface area contributed by atoms with Gasteiger partial charge >= 0.3 is 0 Å². The van der Waals surface area contributed by atoms with Gasteiger partial charge in [-0.05, 0) is 48.1 Å². The molecular formula is C19H20FNO4S. The molecule has 0 spiro atoms. The summed E-state index contributed by atoms with van der Waals surface area (Å²) in [5, 5.41) is 0. The van der Waals surface area contributed by atoms with Crippen LogP contribution >= 0.6 is 0 Å². The molecule has 4 rings (SSSR count). The Morgan fingerprint density at radius 3 is 2.77 bits per heavy atom. The van der Waals surface area contributed by atoms with Gasteiger partial charge < -0.3 is 9.47 Å². The molecule has 138 valence electrons. The minimum Gasteiger partial charge on any atom is -0.454 e. The molecule has 0 aromatic heterocycles. The van der Waals surface area contributed by atoms with Gasteiger partial charge in [-0.25, -0.2) is 17.1 Å². The van der Waals surface area contributed by atoms with Crippen LogP contribution in [0.5, 0.6) is 11.5 Å².